The van der Waals surface area contributed by atoms with E-state index in [4.69, 9.17) is 5.73 Å². The summed E-state index contributed by atoms with van der Waals surface area (Å²) in [5, 5.41) is 0. The number of anilines is 1. The van der Waals surface area contributed by atoms with E-state index in [1.165, 1.54) is 25.8 Å². The summed E-state index contributed by atoms with van der Waals surface area (Å²) in [7, 11) is 0. The molecule has 1 atom stereocenters. The molecule has 0 aliphatic carbocycles. The van der Waals surface area contributed by atoms with Gasteiger partial charge in [-0.1, -0.05) is 18.6 Å². The summed E-state index contributed by atoms with van der Waals surface area (Å²) in [4.78, 5) is 4.82. The van der Waals surface area contributed by atoms with Crippen LogP contribution >= 0.6 is 0 Å². The number of hydrogen-bond donors (Lipinski definition) is 1. The van der Waals surface area contributed by atoms with Gasteiger partial charge in [-0.3, -0.25) is 4.90 Å². The van der Waals surface area contributed by atoms with Crippen molar-refractivity contribution in [3.8, 4) is 0 Å². The van der Waals surface area contributed by atoms with Crippen LogP contribution in [-0.2, 0) is 6.42 Å². The Labute approximate surface area is 120 Å². The summed E-state index contributed by atoms with van der Waals surface area (Å²) >= 11 is 0. The van der Waals surface area contributed by atoms with E-state index in [0.29, 0.717) is 12.6 Å². The van der Waals surface area contributed by atoms with Gasteiger partial charge in [-0.15, -0.1) is 0 Å². The van der Waals surface area contributed by atoms with Gasteiger partial charge in [-0.2, -0.15) is 0 Å². The van der Waals surface area contributed by atoms with Crippen molar-refractivity contribution in [3.63, 3.8) is 0 Å². The minimum atomic E-state index is -0.0970. The topological polar surface area (TPSA) is 32.5 Å². The first-order chi connectivity index (χ1) is 9.79. The zero-order valence-electron chi connectivity index (χ0n) is 12.0. The smallest absolute Gasteiger partial charge is 0.146 e. The highest BCUT2D eigenvalue weighted by atomic mass is 19.1. The lowest BCUT2D eigenvalue weighted by atomic mass is 9.98. The third-order valence-corrected chi connectivity index (χ3v) is 4.64. The van der Waals surface area contributed by atoms with E-state index in [0.717, 1.165) is 37.3 Å². The molecular weight excluding hydrogens is 253 g/mol. The molecule has 3 nitrogen and oxygen atoms in total. The van der Waals surface area contributed by atoms with Crippen LogP contribution in [0.15, 0.2) is 18.2 Å². The van der Waals surface area contributed by atoms with Gasteiger partial charge in [0.1, 0.15) is 5.82 Å². The lowest BCUT2D eigenvalue weighted by Gasteiger charge is -2.45. The molecule has 2 N–H and O–H groups in total. The maximum absolute atomic E-state index is 14.3. The number of piperazine rings is 1. The Bertz CT molecular complexity index is 463. The highest BCUT2D eigenvalue weighted by Crippen LogP contribution is 2.29. The Morgan fingerprint density at radius 1 is 1.20 bits per heavy atom. The predicted octanol–water partition coefficient (Wildman–Crippen LogP) is 2.00. The van der Waals surface area contributed by atoms with E-state index in [1.807, 2.05) is 6.07 Å². The maximum atomic E-state index is 14.3. The first kappa shape index (κ1) is 13.8. The van der Waals surface area contributed by atoms with Crippen molar-refractivity contribution in [3.05, 3.63) is 29.6 Å². The van der Waals surface area contributed by atoms with E-state index >= 15 is 0 Å². The Morgan fingerprint density at radius 3 is 2.95 bits per heavy atom. The molecule has 0 spiro atoms. The molecule has 2 aliphatic rings. The van der Waals surface area contributed by atoms with Gasteiger partial charge in [0.05, 0.1) is 5.69 Å². The number of benzene rings is 1. The molecule has 0 aromatic heterocycles. The van der Waals surface area contributed by atoms with E-state index < -0.39 is 0 Å². The molecule has 0 bridgehead atoms. The fourth-order valence-corrected chi connectivity index (χ4v) is 3.63. The molecule has 20 heavy (non-hydrogen) atoms. The van der Waals surface area contributed by atoms with Crippen LogP contribution in [0.25, 0.3) is 0 Å². The minimum Gasteiger partial charge on any atom is -0.366 e. The molecule has 0 amide bonds. The van der Waals surface area contributed by atoms with Gasteiger partial charge < -0.3 is 10.6 Å². The molecule has 110 valence electrons. The Morgan fingerprint density at radius 2 is 2.10 bits per heavy atom. The quantitative estimate of drug-likeness (QED) is 0.917. The molecule has 3 rings (SSSR count). The van der Waals surface area contributed by atoms with Crippen molar-refractivity contribution in [1.29, 1.82) is 0 Å². The second kappa shape index (κ2) is 6.10. The maximum Gasteiger partial charge on any atom is 0.146 e. The third kappa shape index (κ3) is 2.67. The van der Waals surface area contributed by atoms with Crippen LogP contribution in [0.3, 0.4) is 0 Å². The molecule has 2 heterocycles. The number of piperidine rings is 1. The number of rotatable bonds is 3. The largest absolute Gasteiger partial charge is 0.366 e. The summed E-state index contributed by atoms with van der Waals surface area (Å²) in [6, 6.07) is 5.98. The van der Waals surface area contributed by atoms with Crippen LogP contribution in [0.2, 0.25) is 0 Å². The first-order valence-corrected chi connectivity index (χ1v) is 7.76. The molecule has 1 unspecified atom stereocenters. The monoisotopic (exact) mass is 277 g/mol. The summed E-state index contributed by atoms with van der Waals surface area (Å²) < 4.78 is 14.3. The van der Waals surface area contributed by atoms with Crippen molar-refractivity contribution >= 4 is 5.69 Å². The molecule has 2 aliphatic heterocycles. The van der Waals surface area contributed by atoms with Crippen molar-refractivity contribution in [2.24, 2.45) is 5.73 Å². The van der Waals surface area contributed by atoms with Crippen LogP contribution in [0, 0.1) is 5.82 Å². The van der Waals surface area contributed by atoms with E-state index in [2.05, 4.69) is 9.80 Å². The van der Waals surface area contributed by atoms with Crippen LogP contribution in [0.5, 0.6) is 0 Å². The Kier molecular flexibility index (Phi) is 4.22. The summed E-state index contributed by atoms with van der Waals surface area (Å²) in [5.41, 5.74) is 7.51. The number of hydrogen-bond acceptors (Lipinski definition) is 3. The van der Waals surface area contributed by atoms with E-state index in [-0.39, 0.29) is 5.82 Å². The van der Waals surface area contributed by atoms with Crippen LogP contribution in [0.1, 0.15) is 24.8 Å². The normalized spacial score (nSPS) is 23.7. The van der Waals surface area contributed by atoms with Crippen molar-refractivity contribution < 1.29 is 4.39 Å². The second-order valence-corrected chi connectivity index (χ2v) is 5.92. The van der Waals surface area contributed by atoms with Crippen molar-refractivity contribution in [2.75, 3.05) is 37.6 Å². The summed E-state index contributed by atoms with van der Waals surface area (Å²) in [6.07, 6.45) is 4.62. The Hall–Kier alpha value is -1.13. The summed E-state index contributed by atoms with van der Waals surface area (Å²) in [6.45, 7) is 4.72. The van der Waals surface area contributed by atoms with Gasteiger partial charge in [0.15, 0.2) is 0 Å². The fourth-order valence-electron chi connectivity index (χ4n) is 3.63. The number of para-hydroxylation sites is 1. The van der Waals surface area contributed by atoms with E-state index in [1.54, 1.807) is 12.1 Å². The minimum absolute atomic E-state index is 0.0970. The first-order valence-electron chi connectivity index (χ1n) is 7.76. The molecule has 0 radical (unpaired) electrons. The average molecular weight is 277 g/mol. The molecule has 4 heteroatoms. The van der Waals surface area contributed by atoms with Crippen LogP contribution in [0.4, 0.5) is 10.1 Å². The number of nitrogens with two attached hydrogens (primary N) is 1. The zero-order valence-corrected chi connectivity index (χ0v) is 12.0. The predicted molar refractivity (Wildman–Crippen MR) is 80.6 cm³/mol. The van der Waals surface area contributed by atoms with Gasteiger partial charge >= 0.3 is 0 Å². The number of fused-ring (bicyclic) bond motifs is 1. The number of halogens is 1. The lowest BCUT2D eigenvalue weighted by Crippen LogP contribution is -2.55. The SMILES string of the molecule is NCCc1cccc(F)c1N1CCN2CCCCC2C1. The highest BCUT2D eigenvalue weighted by molar-refractivity contribution is 5.55. The van der Waals surface area contributed by atoms with Crippen molar-refractivity contribution in [2.45, 2.75) is 31.7 Å². The third-order valence-electron chi connectivity index (χ3n) is 4.64. The Balaban J connectivity index is 1.82. The fraction of sp³-hybridized carbons (Fsp3) is 0.625. The number of nitrogens with zero attached hydrogens (tertiary/aromatic N) is 2. The molecule has 1 aromatic rings. The molecule has 1 aromatic carbocycles. The molecular formula is C16H24FN3. The van der Waals surface area contributed by atoms with Gasteiger partial charge in [0.2, 0.25) is 0 Å². The van der Waals surface area contributed by atoms with Crippen LogP contribution in [-0.4, -0.2) is 43.7 Å². The van der Waals surface area contributed by atoms with Crippen molar-refractivity contribution in [1.82, 2.24) is 4.90 Å². The highest BCUT2D eigenvalue weighted by Gasteiger charge is 2.30. The standard InChI is InChI=1S/C16H24FN3/c17-15-6-3-4-13(7-8-18)16(15)20-11-10-19-9-2-1-5-14(19)12-20/h3-4,6,14H,1-2,5,7-12,18H2. The van der Waals surface area contributed by atoms with Gasteiger partial charge in [-0.05, 0) is 44.0 Å². The zero-order chi connectivity index (χ0) is 13.9. The summed E-state index contributed by atoms with van der Waals surface area (Å²) in [5.74, 6) is -0.0970. The molecule has 2 fully saturated rings. The van der Waals surface area contributed by atoms with E-state index in [9.17, 15) is 4.39 Å². The van der Waals surface area contributed by atoms with Gasteiger partial charge in [0.25, 0.3) is 0 Å². The average Bonchev–Trinajstić information content (AvgIpc) is 2.47. The second-order valence-electron chi connectivity index (χ2n) is 5.92. The molecule has 2 saturated heterocycles. The van der Waals surface area contributed by atoms with Gasteiger partial charge in [0, 0.05) is 25.7 Å². The lowest BCUT2D eigenvalue weighted by molar-refractivity contribution is 0.133. The van der Waals surface area contributed by atoms with Gasteiger partial charge in [-0.25, -0.2) is 4.39 Å². The molecule has 0 saturated carbocycles. The van der Waals surface area contributed by atoms with Crippen LogP contribution < -0.4 is 10.6 Å².